The van der Waals surface area contributed by atoms with Gasteiger partial charge in [0.05, 0.1) is 0 Å². The summed E-state index contributed by atoms with van der Waals surface area (Å²) in [6.45, 7) is 5.49. The van der Waals surface area contributed by atoms with Crippen molar-refractivity contribution < 1.29 is 0 Å². The van der Waals surface area contributed by atoms with Crippen molar-refractivity contribution in [3.8, 4) is 0 Å². The molecule has 0 aliphatic carbocycles. The van der Waals surface area contributed by atoms with Crippen LogP contribution in [0.15, 0.2) is 42.9 Å². The summed E-state index contributed by atoms with van der Waals surface area (Å²) in [5, 5.41) is 3.65. The molecular formula is C15H19N3. The van der Waals surface area contributed by atoms with Gasteiger partial charge in [0.2, 0.25) is 0 Å². The molecule has 2 aromatic heterocycles. The molecule has 94 valence electrons. The average molecular weight is 241 g/mol. The van der Waals surface area contributed by atoms with E-state index in [-0.39, 0.29) is 5.54 Å². The van der Waals surface area contributed by atoms with Crippen LogP contribution in [0.25, 0.3) is 0 Å². The molecule has 3 nitrogen and oxygen atoms in total. The lowest BCUT2D eigenvalue weighted by Gasteiger charge is -2.21. The summed E-state index contributed by atoms with van der Waals surface area (Å²) in [6.07, 6.45) is 7.02. The van der Waals surface area contributed by atoms with Crippen LogP contribution in [0, 0.1) is 0 Å². The van der Waals surface area contributed by atoms with E-state index in [1.54, 1.807) is 0 Å². The van der Waals surface area contributed by atoms with E-state index in [0.29, 0.717) is 6.04 Å². The number of hydrogen-bond donors (Lipinski definition) is 1. The molecule has 0 fully saturated rings. The number of aromatic nitrogens is 2. The van der Waals surface area contributed by atoms with Crippen molar-refractivity contribution in [1.82, 2.24) is 14.9 Å². The number of nitrogens with one attached hydrogen (secondary N) is 1. The first-order valence-electron chi connectivity index (χ1n) is 6.47. The topological polar surface area (TPSA) is 29.9 Å². The zero-order valence-corrected chi connectivity index (χ0v) is 10.9. The maximum atomic E-state index is 4.04. The Morgan fingerprint density at radius 1 is 1.33 bits per heavy atom. The van der Waals surface area contributed by atoms with Crippen molar-refractivity contribution in [3.63, 3.8) is 0 Å². The molecule has 18 heavy (non-hydrogen) atoms. The van der Waals surface area contributed by atoms with Crippen LogP contribution >= 0.6 is 0 Å². The summed E-state index contributed by atoms with van der Waals surface area (Å²) < 4.78 is 2.39. The molecule has 2 aromatic rings. The van der Waals surface area contributed by atoms with Crippen LogP contribution in [0.2, 0.25) is 0 Å². The molecule has 0 amide bonds. The van der Waals surface area contributed by atoms with Gasteiger partial charge in [-0.05, 0) is 50.1 Å². The lowest BCUT2D eigenvalue weighted by atomic mass is 9.99. The van der Waals surface area contributed by atoms with Crippen molar-refractivity contribution in [2.45, 2.75) is 38.4 Å². The van der Waals surface area contributed by atoms with Gasteiger partial charge in [-0.2, -0.15) is 0 Å². The summed E-state index contributed by atoms with van der Waals surface area (Å²) in [6, 6.07) is 8.93. The molecule has 1 N–H and O–H groups in total. The van der Waals surface area contributed by atoms with Crippen LogP contribution < -0.4 is 5.32 Å². The summed E-state index contributed by atoms with van der Waals surface area (Å²) in [5.74, 6) is 0. The Morgan fingerprint density at radius 3 is 2.89 bits per heavy atom. The number of rotatable bonds is 3. The molecule has 1 atom stereocenters. The fourth-order valence-electron chi connectivity index (χ4n) is 2.85. The third-order valence-corrected chi connectivity index (χ3v) is 3.80. The molecule has 3 rings (SSSR count). The first kappa shape index (κ1) is 11.5. The van der Waals surface area contributed by atoms with Gasteiger partial charge in [0, 0.05) is 42.4 Å². The van der Waals surface area contributed by atoms with Gasteiger partial charge in [-0.25, -0.2) is 0 Å². The van der Waals surface area contributed by atoms with Gasteiger partial charge in [-0.15, -0.1) is 0 Å². The zero-order chi connectivity index (χ0) is 12.6. The minimum atomic E-state index is 0.217. The van der Waals surface area contributed by atoms with Crippen molar-refractivity contribution in [2.75, 3.05) is 0 Å². The van der Waals surface area contributed by atoms with Crippen LogP contribution in [0.4, 0.5) is 0 Å². The van der Waals surface area contributed by atoms with Gasteiger partial charge in [0.25, 0.3) is 0 Å². The van der Waals surface area contributed by atoms with Crippen molar-refractivity contribution >= 4 is 0 Å². The van der Waals surface area contributed by atoms with Crippen molar-refractivity contribution in [1.29, 1.82) is 0 Å². The van der Waals surface area contributed by atoms with Crippen molar-refractivity contribution in [2.24, 2.45) is 0 Å². The molecule has 1 aliphatic heterocycles. The molecule has 0 saturated heterocycles. The molecule has 0 spiro atoms. The molecule has 0 bridgehead atoms. The highest BCUT2D eigenvalue weighted by atomic mass is 15.1. The summed E-state index contributed by atoms with van der Waals surface area (Å²) in [4.78, 5) is 4.04. The van der Waals surface area contributed by atoms with Gasteiger partial charge in [-0.3, -0.25) is 4.98 Å². The van der Waals surface area contributed by atoms with E-state index in [0.717, 1.165) is 13.0 Å². The highest BCUT2D eigenvalue weighted by molar-refractivity contribution is 5.21. The smallest absolute Gasteiger partial charge is 0.0500 e. The van der Waals surface area contributed by atoms with Gasteiger partial charge in [0.1, 0.15) is 0 Å². The monoisotopic (exact) mass is 241 g/mol. The van der Waals surface area contributed by atoms with Gasteiger partial charge in [0.15, 0.2) is 0 Å². The highest BCUT2D eigenvalue weighted by Crippen LogP contribution is 2.38. The van der Waals surface area contributed by atoms with Crippen molar-refractivity contribution in [3.05, 3.63) is 54.1 Å². The van der Waals surface area contributed by atoms with E-state index in [2.05, 4.69) is 59.2 Å². The Morgan fingerprint density at radius 2 is 2.11 bits per heavy atom. The molecule has 0 radical (unpaired) electrons. The predicted octanol–water partition coefficient (Wildman–Crippen LogP) is 2.85. The highest BCUT2D eigenvalue weighted by Gasteiger charge is 2.35. The zero-order valence-electron chi connectivity index (χ0n) is 10.9. The summed E-state index contributed by atoms with van der Waals surface area (Å²) >= 11 is 0. The van der Waals surface area contributed by atoms with Crippen LogP contribution in [-0.2, 0) is 12.1 Å². The lowest BCUT2D eigenvalue weighted by molar-refractivity contribution is 0.347. The number of nitrogens with zero attached hydrogens (tertiary/aromatic N) is 2. The van der Waals surface area contributed by atoms with E-state index in [9.17, 15) is 0 Å². The van der Waals surface area contributed by atoms with E-state index < -0.39 is 0 Å². The molecule has 0 saturated carbocycles. The average Bonchev–Trinajstić information content (AvgIpc) is 2.92. The van der Waals surface area contributed by atoms with Gasteiger partial charge in [-0.1, -0.05) is 0 Å². The maximum absolute atomic E-state index is 4.04. The molecule has 1 aliphatic rings. The second-order valence-corrected chi connectivity index (χ2v) is 5.61. The Bertz CT molecular complexity index is 528. The molecular weight excluding hydrogens is 222 g/mol. The number of pyridine rings is 1. The minimum absolute atomic E-state index is 0.217. The third-order valence-electron chi connectivity index (χ3n) is 3.80. The first-order chi connectivity index (χ1) is 8.67. The molecule has 3 heteroatoms. The summed E-state index contributed by atoms with van der Waals surface area (Å²) in [5.41, 5.74) is 2.90. The maximum Gasteiger partial charge on any atom is 0.0500 e. The number of fused-ring (bicyclic) bond motifs is 1. The first-order valence-corrected chi connectivity index (χ1v) is 6.47. The van der Waals surface area contributed by atoms with Crippen LogP contribution in [0.5, 0.6) is 0 Å². The summed E-state index contributed by atoms with van der Waals surface area (Å²) in [7, 11) is 0. The lowest BCUT2D eigenvalue weighted by Crippen LogP contribution is -2.22. The SMILES string of the molecule is CC1(C)CC(NCc2ccncc2)c2cccn21. The fourth-order valence-corrected chi connectivity index (χ4v) is 2.85. The normalized spacial score (nSPS) is 20.9. The van der Waals surface area contributed by atoms with Gasteiger partial charge >= 0.3 is 0 Å². The predicted molar refractivity (Wildman–Crippen MR) is 72.2 cm³/mol. The van der Waals surface area contributed by atoms with Crippen LogP contribution in [-0.4, -0.2) is 9.55 Å². The Hall–Kier alpha value is -1.61. The van der Waals surface area contributed by atoms with E-state index in [1.165, 1.54) is 11.3 Å². The third kappa shape index (κ3) is 1.95. The molecule has 0 aromatic carbocycles. The molecule has 3 heterocycles. The van der Waals surface area contributed by atoms with E-state index >= 15 is 0 Å². The Balaban J connectivity index is 1.73. The van der Waals surface area contributed by atoms with E-state index in [1.807, 2.05) is 12.4 Å². The second kappa shape index (κ2) is 4.25. The van der Waals surface area contributed by atoms with Crippen LogP contribution in [0.3, 0.4) is 0 Å². The quantitative estimate of drug-likeness (QED) is 0.895. The second-order valence-electron chi connectivity index (χ2n) is 5.61. The standard InChI is InChI=1S/C15H19N3/c1-15(2)10-13(14-4-3-9-18(14)15)17-11-12-5-7-16-8-6-12/h3-9,13,17H,10-11H2,1-2H3. The van der Waals surface area contributed by atoms with Gasteiger partial charge < -0.3 is 9.88 Å². The van der Waals surface area contributed by atoms with Crippen LogP contribution in [0.1, 0.15) is 37.6 Å². The fraction of sp³-hybridized carbons (Fsp3) is 0.400. The van der Waals surface area contributed by atoms with E-state index in [4.69, 9.17) is 0 Å². The Kier molecular flexibility index (Phi) is 2.71. The molecule has 1 unspecified atom stereocenters. The largest absolute Gasteiger partial charge is 0.344 e. The Labute approximate surface area is 108 Å². The number of hydrogen-bond acceptors (Lipinski definition) is 2. The minimum Gasteiger partial charge on any atom is -0.344 e.